The Hall–Kier alpha value is -2.01. The fourth-order valence-corrected chi connectivity index (χ4v) is 1.83. The normalized spacial score (nSPS) is 11.0. The summed E-state index contributed by atoms with van der Waals surface area (Å²) in [5.74, 6) is -0.451. The summed E-state index contributed by atoms with van der Waals surface area (Å²) in [5, 5.41) is 4.47. The standard InChI is InChI=1S/C17H21NO3S/c1-22-14-11-17(20)21-13-6-5-12-18-16(19)10-9-15-7-3-2-4-8-15/h2-4,7-11,14H,5-6,12-13H2,1H3,(H,18,19)/b10-9-,14-11+. The van der Waals surface area contributed by atoms with E-state index in [1.807, 2.05) is 36.6 Å². The van der Waals surface area contributed by atoms with Gasteiger partial charge in [-0.15, -0.1) is 11.8 Å². The highest BCUT2D eigenvalue weighted by Gasteiger charge is 1.98. The molecular weight excluding hydrogens is 298 g/mol. The Morgan fingerprint density at radius 1 is 1.18 bits per heavy atom. The predicted octanol–water partition coefficient (Wildman–Crippen LogP) is 3.02. The minimum Gasteiger partial charge on any atom is -0.463 e. The molecule has 4 nitrogen and oxygen atoms in total. The molecule has 1 amide bonds. The van der Waals surface area contributed by atoms with E-state index in [0.29, 0.717) is 13.2 Å². The van der Waals surface area contributed by atoms with Gasteiger partial charge in [-0.05, 0) is 36.1 Å². The highest BCUT2D eigenvalue weighted by molar-refractivity contribution is 8.01. The molecule has 1 aromatic rings. The number of carbonyl (C=O) groups excluding carboxylic acids is 2. The van der Waals surface area contributed by atoms with Crippen molar-refractivity contribution < 1.29 is 14.3 Å². The molecule has 0 heterocycles. The van der Waals surface area contributed by atoms with Gasteiger partial charge in [-0.25, -0.2) is 4.79 Å². The molecule has 0 bridgehead atoms. The lowest BCUT2D eigenvalue weighted by molar-refractivity contribution is -0.137. The molecule has 0 saturated heterocycles. The van der Waals surface area contributed by atoms with Gasteiger partial charge in [-0.1, -0.05) is 30.3 Å². The van der Waals surface area contributed by atoms with Crippen molar-refractivity contribution in [2.24, 2.45) is 0 Å². The van der Waals surface area contributed by atoms with Crippen LogP contribution >= 0.6 is 11.8 Å². The van der Waals surface area contributed by atoms with Crippen LogP contribution in [0.3, 0.4) is 0 Å². The SMILES string of the molecule is CS/C=C/C(=O)OCCCCNC(=O)/C=C\c1ccccc1. The number of esters is 1. The molecule has 118 valence electrons. The molecule has 0 radical (unpaired) electrons. The van der Waals surface area contributed by atoms with E-state index in [4.69, 9.17) is 4.74 Å². The molecule has 5 heteroatoms. The van der Waals surface area contributed by atoms with Crippen LogP contribution in [0.15, 0.2) is 47.9 Å². The molecule has 22 heavy (non-hydrogen) atoms. The van der Waals surface area contributed by atoms with Gasteiger partial charge in [0, 0.05) is 18.7 Å². The number of carbonyl (C=O) groups is 2. The number of hydrogen-bond acceptors (Lipinski definition) is 4. The maximum atomic E-state index is 11.6. The Labute approximate surface area is 135 Å². The first kappa shape index (κ1) is 18.0. The van der Waals surface area contributed by atoms with Gasteiger partial charge in [0.1, 0.15) is 0 Å². The highest BCUT2D eigenvalue weighted by Crippen LogP contribution is 2.00. The van der Waals surface area contributed by atoms with Gasteiger partial charge in [0.15, 0.2) is 0 Å². The van der Waals surface area contributed by atoms with Crippen molar-refractivity contribution in [1.29, 1.82) is 0 Å². The Kier molecular flexibility index (Phi) is 9.54. The van der Waals surface area contributed by atoms with Crippen LogP contribution in [-0.4, -0.2) is 31.3 Å². The summed E-state index contributed by atoms with van der Waals surface area (Å²) in [4.78, 5) is 22.7. The summed E-state index contributed by atoms with van der Waals surface area (Å²) in [7, 11) is 0. The summed E-state index contributed by atoms with van der Waals surface area (Å²) in [5.41, 5.74) is 0.989. The number of thioether (sulfide) groups is 1. The van der Waals surface area contributed by atoms with Crippen LogP contribution in [0.5, 0.6) is 0 Å². The number of amides is 1. The first-order valence-corrected chi connectivity index (χ1v) is 8.38. The number of unbranched alkanes of at least 4 members (excludes halogenated alkanes) is 1. The maximum Gasteiger partial charge on any atom is 0.331 e. The lowest BCUT2D eigenvalue weighted by Gasteiger charge is -2.03. The van der Waals surface area contributed by atoms with Crippen molar-refractivity contribution >= 4 is 29.7 Å². The number of rotatable bonds is 9. The monoisotopic (exact) mass is 319 g/mol. The van der Waals surface area contributed by atoms with E-state index in [1.54, 1.807) is 11.5 Å². The topological polar surface area (TPSA) is 55.4 Å². The molecule has 0 aliphatic heterocycles. The Morgan fingerprint density at radius 2 is 1.95 bits per heavy atom. The van der Waals surface area contributed by atoms with Crippen molar-refractivity contribution in [2.45, 2.75) is 12.8 Å². The summed E-state index contributed by atoms with van der Waals surface area (Å²) in [6.45, 7) is 0.934. The second-order valence-corrected chi connectivity index (χ2v) is 5.19. The number of benzene rings is 1. The first-order chi connectivity index (χ1) is 10.7. The third-order valence-electron chi connectivity index (χ3n) is 2.68. The van der Waals surface area contributed by atoms with Crippen LogP contribution in [0.25, 0.3) is 6.08 Å². The zero-order valence-electron chi connectivity index (χ0n) is 12.7. The molecule has 0 unspecified atom stereocenters. The molecule has 0 atom stereocenters. The quantitative estimate of drug-likeness (QED) is 0.432. The van der Waals surface area contributed by atoms with Crippen molar-refractivity contribution in [3.63, 3.8) is 0 Å². The van der Waals surface area contributed by atoms with Crippen LogP contribution in [0.2, 0.25) is 0 Å². The van der Waals surface area contributed by atoms with E-state index >= 15 is 0 Å². The molecule has 0 spiro atoms. The van der Waals surface area contributed by atoms with Crippen LogP contribution in [0.4, 0.5) is 0 Å². The van der Waals surface area contributed by atoms with Gasteiger partial charge in [0.05, 0.1) is 6.61 Å². The zero-order chi connectivity index (χ0) is 16.0. The van der Waals surface area contributed by atoms with Crippen LogP contribution in [0, 0.1) is 0 Å². The van der Waals surface area contributed by atoms with Crippen molar-refractivity contribution in [2.75, 3.05) is 19.4 Å². The minimum absolute atomic E-state index is 0.122. The summed E-state index contributed by atoms with van der Waals surface area (Å²) < 4.78 is 4.99. The average Bonchev–Trinajstić information content (AvgIpc) is 2.55. The van der Waals surface area contributed by atoms with E-state index in [-0.39, 0.29) is 11.9 Å². The number of ether oxygens (including phenoxy) is 1. The second kappa shape index (κ2) is 11.6. The van der Waals surface area contributed by atoms with Crippen molar-refractivity contribution in [1.82, 2.24) is 5.32 Å². The third-order valence-corrected chi connectivity index (χ3v) is 3.09. The molecule has 1 aromatic carbocycles. The molecule has 0 aliphatic carbocycles. The van der Waals surface area contributed by atoms with Crippen LogP contribution in [0.1, 0.15) is 18.4 Å². The molecular formula is C17H21NO3S. The summed E-state index contributed by atoms with van der Waals surface area (Å²) in [6.07, 6.45) is 8.06. The van der Waals surface area contributed by atoms with Crippen LogP contribution in [-0.2, 0) is 14.3 Å². The Bertz CT molecular complexity index is 512. The average molecular weight is 319 g/mol. The van der Waals surface area contributed by atoms with Gasteiger partial charge in [-0.2, -0.15) is 0 Å². The van der Waals surface area contributed by atoms with E-state index in [9.17, 15) is 9.59 Å². The largest absolute Gasteiger partial charge is 0.463 e. The molecule has 0 saturated carbocycles. The van der Waals surface area contributed by atoms with E-state index in [0.717, 1.165) is 18.4 Å². The fourth-order valence-electron chi connectivity index (χ4n) is 1.58. The lowest BCUT2D eigenvalue weighted by atomic mass is 10.2. The van der Waals surface area contributed by atoms with E-state index < -0.39 is 0 Å². The van der Waals surface area contributed by atoms with E-state index in [2.05, 4.69) is 5.32 Å². The minimum atomic E-state index is -0.329. The van der Waals surface area contributed by atoms with E-state index in [1.165, 1.54) is 23.9 Å². The highest BCUT2D eigenvalue weighted by atomic mass is 32.2. The van der Waals surface area contributed by atoms with Crippen molar-refractivity contribution in [3.8, 4) is 0 Å². The number of hydrogen-bond donors (Lipinski definition) is 1. The summed E-state index contributed by atoms with van der Waals surface area (Å²) >= 11 is 1.45. The van der Waals surface area contributed by atoms with Gasteiger partial charge in [-0.3, -0.25) is 4.79 Å². The zero-order valence-corrected chi connectivity index (χ0v) is 13.5. The molecule has 1 N–H and O–H groups in total. The van der Waals surface area contributed by atoms with Gasteiger partial charge in [0.2, 0.25) is 5.91 Å². The first-order valence-electron chi connectivity index (χ1n) is 7.09. The third kappa shape index (κ3) is 9.02. The molecule has 0 aromatic heterocycles. The fraction of sp³-hybridized carbons (Fsp3) is 0.294. The molecule has 0 fully saturated rings. The smallest absolute Gasteiger partial charge is 0.331 e. The Morgan fingerprint density at radius 3 is 2.68 bits per heavy atom. The molecule has 0 aliphatic rings. The second-order valence-electron chi connectivity index (χ2n) is 4.45. The molecule has 1 rings (SSSR count). The lowest BCUT2D eigenvalue weighted by Crippen LogP contribution is -2.22. The Balaban J connectivity index is 2.07. The van der Waals surface area contributed by atoms with Gasteiger partial charge in [0.25, 0.3) is 0 Å². The summed E-state index contributed by atoms with van der Waals surface area (Å²) in [6, 6.07) is 9.65. The van der Waals surface area contributed by atoms with Crippen molar-refractivity contribution in [3.05, 3.63) is 53.5 Å². The predicted molar refractivity (Wildman–Crippen MR) is 91.3 cm³/mol. The van der Waals surface area contributed by atoms with Crippen LogP contribution < -0.4 is 5.32 Å². The van der Waals surface area contributed by atoms with Gasteiger partial charge < -0.3 is 10.1 Å². The van der Waals surface area contributed by atoms with Gasteiger partial charge >= 0.3 is 5.97 Å². The maximum absolute atomic E-state index is 11.6. The number of nitrogens with one attached hydrogen (secondary N) is 1.